The number of hydrogen-bond acceptors (Lipinski definition) is 7. The molecule has 3 heterocycles. The monoisotopic (exact) mass is 576 g/mol. The van der Waals surface area contributed by atoms with Gasteiger partial charge in [0.15, 0.2) is 16.4 Å². The topological polar surface area (TPSA) is 128 Å². The highest BCUT2D eigenvalue weighted by molar-refractivity contribution is 7.92. The van der Waals surface area contributed by atoms with Crippen LogP contribution >= 0.6 is 11.6 Å². The van der Waals surface area contributed by atoms with E-state index in [4.69, 9.17) is 11.6 Å². The molecule has 38 heavy (non-hydrogen) atoms. The van der Waals surface area contributed by atoms with Crippen molar-refractivity contribution in [2.24, 2.45) is 0 Å². The van der Waals surface area contributed by atoms with Gasteiger partial charge in [0.25, 0.3) is 22.3 Å². The second kappa shape index (κ2) is 10.4. The van der Waals surface area contributed by atoms with E-state index in [0.717, 1.165) is 30.7 Å². The number of imidazole rings is 1. The molecule has 0 radical (unpaired) electrons. The predicted molar refractivity (Wildman–Crippen MR) is 123 cm³/mol. The first-order valence-electron chi connectivity index (χ1n) is 10.2. The maximum Gasteiger partial charge on any atom is 0.304 e. The van der Waals surface area contributed by atoms with E-state index in [1.807, 2.05) is 4.72 Å². The molecule has 1 aromatic carbocycles. The number of aromatic nitrogens is 4. The van der Waals surface area contributed by atoms with Gasteiger partial charge in [0.05, 0.1) is 33.7 Å². The lowest BCUT2D eigenvalue weighted by Crippen LogP contribution is -2.23. The molecular formula is C21H14ClF5N6O4S. The third-order valence-electron chi connectivity index (χ3n) is 4.95. The zero-order chi connectivity index (χ0) is 27.8. The Morgan fingerprint density at radius 2 is 1.87 bits per heavy atom. The van der Waals surface area contributed by atoms with Gasteiger partial charge < -0.3 is 14.5 Å². The number of nitrogens with zero attached hydrogens (tertiary/aromatic N) is 4. The van der Waals surface area contributed by atoms with Crippen LogP contribution in [-0.2, 0) is 10.0 Å². The molecule has 3 aromatic heterocycles. The molecule has 4 aromatic rings. The predicted octanol–water partition coefficient (Wildman–Crippen LogP) is 3.82. The van der Waals surface area contributed by atoms with Crippen molar-refractivity contribution in [3.05, 3.63) is 65.5 Å². The van der Waals surface area contributed by atoms with Gasteiger partial charge in [0, 0.05) is 19.4 Å². The number of hydrogen-bond donors (Lipinski definition) is 2. The van der Waals surface area contributed by atoms with Crippen molar-refractivity contribution >= 4 is 38.7 Å². The van der Waals surface area contributed by atoms with Crippen LogP contribution < -0.4 is 14.8 Å². The van der Waals surface area contributed by atoms with Crippen LogP contribution in [-0.4, -0.2) is 53.5 Å². The molecule has 0 spiro atoms. The third-order valence-corrected chi connectivity index (χ3v) is 6.52. The lowest BCUT2D eigenvalue weighted by Gasteiger charge is -2.16. The summed E-state index contributed by atoms with van der Waals surface area (Å²) in [5, 5.41) is 2.09. The number of anilines is 1. The van der Waals surface area contributed by atoms with Gasteiger partial charge >= 0.3 is 6.43 Å². The smallest absolute Gasteiger partial charge is 0.304 e. The van der Waals surface area contributed by atoms with E-state index in [0.29, 0.717) is 6.07 Å². The molecule has 0 aliphatic heterocycles. The Labute approximate surface area is 215 Å². The van der Waals surface area contributed by atoms with E-state index in [9.17, 15) is 30.8 Å². The summed E-state index contributed by atoms with van der Waals surface area (Å²) in [6.45, 7) is 0. The average Bonchev–Trinajstić information content (AvgIpc) is 3.29. The van der Waals surface area contributed by atoms with E-state index in [2.05, 4.69) is 25.0 Å². The Morgan fingerprint density at radius 3 is 2.55 bits per heavy atom. The van der Waals surface area contributed by atoms with Gasteiger partial charge in [-0.05, 0) is 18.2 Å². The summed E-state index contributed by atoms with van der Waals surface area (Å²) in [7, 11) is -3.51. The molecule has 1 amide bonds. The largest absolute Gasteiger partial charge is 0.436 e. The summed E-state index contributed by atoms with van der Waals surface area (Å²) in [4.78, 5) is 22.2. The number of rotatable bonds is 8. The number of carbonyl (C=O) groups excluding carboxylic acids is 1. The summed E-state index contributed by atoms with van der Waals surface area (Å²) in [5.74, 6) is -4.12. The maximum atomic E-state index is 15.4. The number of alkyl halides is 3. The molecule has 4 rings (SSSR count). The molecule has 1 atom stereocenters. The zero-order valence-electron chi connectivity index (χ0n) is 18.8. The fourth-order valence-corrected chi connectivity index (χ4v) is 4.63. The molecule has 0 aliphatic carbocycles. The Hall–Kier alpha value is -4.05. The summed E-state index contributed by atoms with van der Waals surface area (Å²) >= 11 is 5.74. The standard InChI is InChI=1S/C21H14ClF5N6O4S/c1-28-20(34)17-13-6-29-12(7-33(13)8-31-17)15-10(23)2-3-11(16(15)24)32-38(35,36)14-4-9(22)5-30-21(14)37-19(27)18(25)26/h2-8,18-19,32H,1H3,(H,28,34). The van der Waals surface area contributed by atoms with Crippen LogP contribution in [0.15, 0.2) is 48.0 Å². The fraction of sp³-hybridized carbons (Fsp3) is 0.143. The summed E-state index contributed by atoms with van der Waals surface area (Å²) in [6.07, 6.45) is -2.52. The van der Waals surface area contributed by atoms with Crippen molar-refractivity contribution in [1.82, 2.24) is 24.7 Å². The van der Waals surface area contributed by atoms with Crippen LogP contribution in [0.3, 0.4) is 0 Å². The Kier molecular flexibility index (Phi) is 7.37. The van der Waals surface area contributed by atoms with Crippen molar-refractivity contribution in [3.8, 4) is 17.1 Å². The Bertz CT molecular complexity index is 1650. The number of halogens is 6. The summed E-state index contributed by atoms with van der Waals surface area (Å²) < 4.78 is 102. The SMILES string of the molecule is CNC(=O)c1ncn2cc(-c3c(F)ccc(NS(=O)(=O)c4cc(Cl)cnc4OC(F)C(F)F)c3F)ncc12. The third kappa shape index (κ3) is 5.17. The first kappa shape index (κ1) is 27.0. The quantitative estimate of drug-likeness (QED) is 0.305. The van der Waals surface area contributed by atoms with Gasteiger partial charge in [-0.3, -0.25) is 14.5 Å². The molecule has 200 valence electrons. The first-order chi connectivity index (χ1) is 17.9. The van der Waals surface area contributed by atoms with Crippen LogP contribution in [0, 0.1) is 11.6 Å². The fourth-order valence-electron chi connectivity index (χ4n) is 3.23. The number of pyridine rings is 1. The highest BCUT2D eigenvalue weighted by Gasteiger charge is 2.29. The van der Waals surface area contributed by atoms with Crippen molar-refractivity contribution in [3.63, 3.8) is 0 Å². The number of sulfonamides is 1. The van der Waals surface area contributed by atoms with E-state index in [1.54, 1.807) is 0 Å². The zero-order valence-corrected chi connectivity index (χ0v) is 20.4. The van der Waals surface area contributed by atoms with E-state index >= 15 is 4.39 Å². The lowest BCUT2D eigenvalue weighted by molar-refractivity contribution is -0.0705. The van der Waals surface area contributed by atoms with Gasteiger partial charge in [0.1, 0.15) is 12.1 Å². The molecule has 0 saturated carbocycles. The Balaban J connectivity index is 1.74. The molecule has 0 aliphatic rings. The summed E-state index contributed by atoms with van der Waals surface area (Å²) in [6, 6.07) is 2.21. The van der Waals surface area contributed by atoms with Crippen molar-refractivity contribution < 1.29 is 39.9 Å². The van der Waals surface area contributed by atoms with Gasteiger partial charge in [-0.2, -0.15) is 4.39 Å². The second-order valence-electron chi connectivity index (χ2n) is 7.39. The van der Waals surface area contributed by atoms with Gasteiger partial charge in [-0.1, -0.05) is 11.6 Å². The molecule has 0 fully saturated rings. The number of nitrogens with one attached hydrogen (secondary N) is 2. The van der Waals surface area contributed by atoms with Crippen LogP contribution in [0.5, 0.6) is 5.88 Å². The molecule has 0 bridgehead atoms. The normalized spacial score (nSPS) is 12.5. The van der Waals surface area contributed by atoms with E-state index < -0.39 is 62.4 Å². The maximum absolute atomic E-state index is 15.4. The van der Waals surface area contributed by atoms with Crippen molar-refractivity contribution in [1.29, 1.82) is 0 Å². The Morgan fingerprint density at radius 1 is 1.13 bits per heavy atom. The van der Waals surface area contributed by atoms with E-state index in [1.165, 1.54) is 17.8 Å². The average molecular weight is 577 g/mol. The molecule has 17 heteroatoms. The minimum Gasteiger partial charge on any atom is -0.436 e. The number of amides is 1. The number of carbonyl (C=O) groups is 1. The highest BCUT2D eigenvalue weighted by Crippen LogP contribution is 2.33. The van der Waals surface area contributed by atoms with Crippen LogP contribution in [0.25, 0.3) is 16.8 Å². The van der Waals surface area contributed by atoms with Crippen LogP contribution in [0.2, 0.25) is 5.02 Å². The first-order valence-corrected chi connectivity index (χ1v) is 12.1. The number of benzene rings is 1. The van der Waals surface area contributed by atoms with Gasteiger partial charge in [-0.15, -0.1) is 0 Å². The van der Waals surface area contributed by atoms with Crippen molar-refractivity contribution in [2.45, 2.75) is 17.7 Å². The molecule has 1 unspecified atom stereocenters. The van der Waals surface area contributed by atoms with Crippen LogP contribution in [0.4, 0.5) is 27.6 Å². The van der Waals surface area contributed by atoms with E-state index in [-0.39, 0.29) is 21.9 Å². The van der Waals surface area contributed by atoms with Gasteiger partial charge in [-0.25, -0.2) is 35.9 Å². The van der Waals surface area contributed by atoms with Crippen molar-refractivity contribution in [2.75, 3.05) is 11.8 Å². The van der Waals surface area contributed by atoms with Crippen LogP contribution in [0.1, 0.15) is 10.5 Å². The molecule has 0 saturated heterocycles. The summed E-state index contributed by atoms with van der Waals surface area (Å²) in [5.41, 5.74) is -1.59. The minimum atomic E-state index is -4.89. The van der Waals surface area contributed by atoms with Gasteiger partial charge in [0.2, 0.25) is 5.88 Å². The molecular weight excluding hydrogens is 563 g/mol. The minimum absolute atomic E-state index is 0.00418. The highest BCUT2D eigenvalue weighted by atomic mass is 35.5. The lowest BCUT2D eigenvalue weighted by atomic mass is 10.1. The number of ether oxygens (including phenoxy) is 1. The second-order valence-corrected chi connectivity index (χ2v) is 9.47. The molecule has 2 N–H and O–H groups in total. The number of fused-ring (bicyclic) bond motifs is 1. The molecule has 10 nitrogen and oxygen atoms in total.